The molecule has 0 aromatic carbocycles. The zero-order chi connectivity index (χ0) is 17.6. The minimum Gasteiger partial charge on any atom is -0.436 e. The van der Waals surface area contributed by atoms with Crippen LogP contribution in [0, 0.1) is 12.9 Å². The highest BCUT2D eigenvalue weighted by atomic mass is 19.1. The van der Waals surface area contributed by atoms with Gasteiger partial charge in [0.15, 0.2) is 5.58 Å². The van der Waals surface area contributed by atoms with Gasteiger partial charge in [-0.1, -0.05) is 0 Å². The lowest BCUT2D eigenvalue weighted by Gasteiger charge is -2.07. The molecule has 0 fully saturated rings. The summed E-state index contributed by atoms with van der Waals surface area (Å²) in [4.78, 5) is 16.2. The van der Waals surface area contributed by atoms with Gasteiger partial charge >= 0.3 is 0 Å². The predicted molar refractivity (Wildman–Crippen MR) is 91.8 cm³/mol. The summed E-state index contributed by atoms with van der Waals surface area (Å²) in [6.07, 6.45) is 4.39. The number of nitrogen functional groups attached to an aromatic ring is 2. The minimum absolute atomic E-state index is 0.0748. The topological polar surface area (TPSA) is 117 Å². The SMILES string of the molecule is Cc1cc(-c2ncc(-c3cc(F)ncn3)c3c(N)c(N)oc23)ccn1. The number of aromatic nitrogens is 4. The first-order valence-electron chi connectivity index (χ1n) is 7.42. The average Bonchev–Trinajstić information content (AvgIpc) is 2.89. The standard InChI is InChI=1S/C17H13FN6O/c1-8-4-9(2-3-21-8)15-16-13(14(19)17(20)25-16)10(6-22-15)11-5-12(18)24-7-23-11/h2-7H,19-20H2,1H3. The van der Waals surface area contributed by atoms with Gasteiger partial charge in [0.05, 0.1) is 11.1 Å². The van der Waals surface area contributed by atoms with Crippen LogP contribution < -0.4 is 11.5 Å². The van der Waals surface area contributed by atoms with Crippen molar-refractivity contribution in [3.05, 3.63) is 48.6 Å². The molecule has 4 heterocycles. The fourth-order valence-corrected chi connectivity index (χ4v) is 2.72. The largest absolute Gasteiger partial charge is 0.436 e. The fraction of sp³-hybridized carbons (Fsp3) is 0.0588. The van der Waals surface area contributed by atoms with Crippen molar-refractivity contribution in [2.45, 2.75) is 6.92 Å². The van der Waals surface area contributed by atoms with Crippen LogP contribution in [0.1, 0.15) is 5.69 Å². The summed E-state index contributed by atoms with van der Waals surface area (Å²) >= 11 is 0. The van der Waals surface area contributed by atoms with Gasteiger partial charge in [-0.15, -0.1) is 0 Å². The van der Waals surface area contributed by atoms with Crippen LogP contribution in [0.25, 0.3) is 33.5 Å². The molecule has 4 aromatic heterocycles. The molecule has 0 amide bonds. The first-order chi connectivity index (χ1) is 12.0. The third-order valence-electron chi connectivity index (χ3n) is 3.86. The van der Waals surface area contributed by atoms with Crippen LogP contribution in [0.15, 0.2) is 41.3 Å². The Morgan fingerprint density at radius 3 is 2.68 bits per heavy atom. The van der Waals surface area contributed by atoms with Crippen molar-refractivity contribution in [1.82, 2.24) is 19.9 Å². The highest BCUT2D eigenvalue weighted by Gasteiger charge is 2.20. The molecule has 0 aliphatic rings. The number of furan rings is 1. The molecular weight excluding hydrogens is 323 g/mol. The van der Waals surface area contributed by atoms with E-state index in [0.717, 1.165) is 17.6 Å². The minimum atomic E-state index is -0.651. The second-order valence-electron chi connectivity index (χ2n) is 5.52. The maximum atomic E-state index is 13.5. The number of fused-ring (bicyclic) bond motifs is 1. The van der Waals surface area contributed by atoms with Gasteiger partial charge < -0.3 is 15.9 Å². The number of halogens is 1. The Morgan fingerprint density at radius 2 is 1.92 bits per heavy atom. The summed E-state index contributed by atoms with van der Waals surface area (Å²) < 4.78 is 19.1. The molecule has 0 atom stereocenters. The second-order valence-corrected chi connectivity index (χ2v) is 5.52. The number of anilines is 2. The van der Waals surface area contributed by atoms with E-state index in [4.69, 9.17) is 15.9 Å². The molecule has 0 radical (unpaired) electrons. The van der Waals surface area contributed by atoms with Crippen LogP contribution in [0.3, 0.4) is 0 Å². The number of hydrogen-bond acceptors (Lipinski definition) is 7. The third-order valence-corrected chi connectivity index (χ3v) is 3.86. The molecular formula is C17H13FN6O. The molecule has 0 spiro atoms. The third kappa shape index (κ3) is 2.44. The molecule has 124 valence electrons. The van der Waals surface area contributed by atoms with E-state index < -0.39 is 5.95 Å². The molecule has 0 bridgehead atoms. The second kappa shape index (κ2) is 5.52. The summed E-state index contributed by atoms with van der Waals surface area (Å²) in [7, 11) is 0. The zero-order valence-corrected chi connectivity index (χ0v) is 13.2. The number of rotatable bonds is 2. The zero-order valence-electron chi connectivity index (χ0n) is 13.2. The summed E-state index contributed by atoms with van der Waals surface area (Å²) in [5, 5.41) is 0.537. The Balaban J connectivity index is 2.04. The van der Waals surface area contributed by atoms with Gasteiger partial charge in [0.2, 0.25) is 11.8 Å². The summed E-state index contributed by atoms with van der Waals surface area (Å²) in [5.41, 5.74) is 15.7. The fourth-order valence-electron chi connectivity index (χ4n) is 2.72. The van der Waals surface area contributed by atoms with Crippen molar-refractivity contribution in [3.8, 4) is 22.5 Å². The number of nitrogens with two attached hydrogens (primary N) is 2. The molecule has 0 unspecified atom stereocenters. The van der Waals surface area contributed by atoms with Gasteiger partial charge in [0.25, 0.3) is 0 Å². The van der Waals surface area contributed by atoms with Gasteiger partial charge in [-0.05, 0) is 19.1 Å². The lowest BCUT2D eigenvalue weighted by molar-refractivity contribution is 0.580. The van der Waals surface area contributed by atoms with Crippen LogP contribution in [-0.4, -0.2) is 19.9 Å². The van der Waals surface area contributed by atoms with E-state index in [1.807, 2.05) is 19.1 Å². The van der Waals surface area contributed by atoms with Gasteiger partial charge in [-0.3, -0.25) is 9.97 Å². The van der Waals surface area contributed by atoms with Crippen molar-refractivity contribution in [3.63, 3.8) is 0 Å². The van der Waals surface area contributed by atoms with Crippen molar-refractivity contribution in [1.29, 1.82) is 0 Å². The number of pyridine rings is 2. The van der Waals surface area contributed by atoms with E-state index in [1.54, 1.807) is 12.4 Å². The van der Waals surface area contributed by atoms with Crippen LogP contribution in [0.4, 0.5) is 16.0 Å². The Kier molecular flexibility index (Phi) is 3.31. The van der Waals surface area contributed by atoms with Crippen LogP contribution in [-0.2, 0) is 0 Å². The first kappa shape index (κ1) is 15.0. The van der Waals surface area contributed by atoms with Crippen molar-refractivity contribution < 1.29 is 8.81 Å². The highest BCUT2D eigenvalue weighted by molar-refractivity contribution is 6.09. The van der Waals surface area contributed by atoms with Gasteiger partial charge in [-0.25, -0.2) is 9.97 Å². The average molecular weight is 336 g/mol. The monoisotopic (exact) mass is 336 g/mol. The molecule has 0 aliphatic heterocycles. The number of nitrogens with zero attached hydrogens (tertiary/aromatic N) is 4. The Bertz CT molecular complexity index is 1110. The van der Waals surface area contributed by atoms with E-state index in [0.29, 0.717) is 27.9 Å². The van der Waals surface area contributed by atoms with Crippen molar-refractivity contribution in [2.24, 2.45) is 0 Å². The van der Waals surface area contributed by atoms with E-state index >= 15 is 0 Å². The molecule has 0 saturated carbocycles. The first-order valence-corrected chi connectivity index (χ1v) is 7.42. The van der Waals surface area contributed by atoms with E-state index in [1.165, 1.54) is 6.07 Å². The molecule has 4 N–H and O–H groups in total. The number of hydrogen-bond donors (Lipinski definition) is 2. The van der Waals surface area contributed by atoms with Crippen molar-refractivity contribution in [2.75, 3.05) is 11.5 Å². The van der Waals surface area contributed by atoms with Crippen LogP contribution in [0.5, 0.6) is 0 Å². The Hall–Kier alpha value is -3.55. The van der Waals surface area contributed by atoms with Gasteiger partial charge in [0, 0.05) is 35.3 Å². The maximum absolute atomic E-state index is 13.5. The van der Waals surface area contributed by atoms with Crippen LogP contribution >= 0.6 is 0 Å². The van der Waals surface area contributed by atoms with E-state index in [-0.39, 0.29) is 11.6 Å². The summed E-state index contributed by atoms with van der Waals surface area (Å²) in [5.74, 6) is -0.576. The van der Waals surface area contributed by atoms with E-state index in [9.17, 15) is 4.39 Å². The lowest BCUT2D eigenvalue weighted by Crippen LogP contribution is -1.95. The molecule has 7 nitrogen and oxygen atoms in total. The molecule has 4 aromatic rings. The normalized spacial score (nSPS) is 11.1. The number of aryl methyl sites for hydroxylation is 1. The van der Waals surface area contributed by atoms with Crippen molar-refractivity contribution >= 4 is 22.5 Å². The van der Waals surface area contributed by atoms with Crippen LogP contribution in [0.2, 0.25) is 0 Å². The predicted octanol–water partition coefficient (Wildman–Crippen LogP) is 2.96. The molecule has 0 saturated heterocycles. The molecule has 25 heavy (non-hydrogen) atoms. The quantitative estimate of drug-likeness (QED) is 0.540. The summed E-state index contributed by atoms with van der Waals surface area (Å²) in [6, 6.07) is 4.89. The maximum Gasteiger partial charge on any atom is 0.216 e. The Labute approximate surface area is 141 Å². The van der Waals surface area contributed by atoms with Gasteiger partial charge in [-0.2, -0.15) is 4.39 Å². The van der Waals surface area contributed by atoms with E-state index in [2.05, 4.69) is 19.9 Å². The smallest absolute Gasteiger partial charge is 0.216 e. The lowest BCUT2D eigenvalue weighted by atomic mass is 10.0. The van der Waals surface area contributed by atoms with Gasteiger partial charge in [0.1, 0.15) is 17.7 Å². The highest BCUT2D eigenvalue weighted by Crippen LogP contribution is 2.41. The Morgan fingerprint density at radius 1 is 1.08 bits per heavy atom. The summed E-state index contributed by atoms with van der Waals surface area (Å²) in [6.45, 7) is 1.88. The molecule has 0 aliphatic carbocycles. The molecule has 4 rings (SSSR count). The molecule has 8 heteroatoms.